The van der Waals surface area contributed by atoms with E-state index in [9.17, 15) is 13.2 Å². The molecular formula is C15H23ClN2O4S. The first-order valence-electron chi connectivity index (χ1n) is 7.54. The van der Waals surface area contributed by atoms with Crippen molar-refractivity contribution in [1.82, 2.24) is 10.0 Å². The predicted octanol–water partition coefficient (Wildman–Crippen LogP) is 2.32. The van der Waals surface area contributed by atoms with Gasteiger partial charge >= 0.3 is 0 Å². The van der Waals surface area contributed by atoms with Gasteiger partial charge < -0.3 is 10.1 Å². The van der Waals surface area contributed by atoms with E-state index in [1.165, 1.54) is 25.1 Å². The fourth-order valence-corrected chi connectivity index (χ4v) is 3.35. The van der Waals surface area contributed by atoms with E-state index < -0.39 is 16.1 Å². The van der Waals surface area contributed by atoms with Crippen LogP contribution in [0.4, 0.5) is 0 Å². The number of rotatable bonds is 9. The molecule has 1 aromatic rings. The Kier molecular flexibility index (Phi) is 7.81. The molecule has 0 bridgehead atoms. The lowest BCUT2D eigenvalue weighted by molar-refractivity contribution is -0.122. The molecule has 0 fully saturated rings. The summed E-state index contributed by atoms with van der Waals surface area (Å²) < 4.78 is 32.2. The van der Waals surface area contributed by atoms with Crippen LogP contribution in [0.3, 0.4) is 0 Å². The zero-order valence-corrected chi connectivity index (χ0v) is 15.1. The van der Waals surface area contributed by atoms with Gasteiger partial charge in [-0.2, -0.15) is 4.72 Å². The Balaban J connectivity index is 2.78. The number of carbonyl (C=O) groups excluding carboxylic acids is 1. The van der Waals surface area contributed by atoms with Crippen molar-refractivity contribution in [3.63, 3.8) is 0 Å². The Hall–Kier alpha value is -1.31. The fraction of sp³-hybridized carbons (Fsp3) is 0.533. The summed E-state index contributed by atoms with van der Waals surface area (Å²) in [5.74, 6) is 0.0533. The molecule has 6 nitrogen and oxygen atoms in total. The molecule has 1 atom stereocenters. The third kappa shape index (κ3) is 6.01. The smallest absolute Gasteiger partial charge is 0.241 e. The van der Waals surface area contributed by atoms with E-state index >= 15 is 0 Å². The first-order valence-corrected chi connectivity index (χ1v) is 9.40. The van der Waals surface area contributed by atoms with Crippen molar-refractivity contribution in [3.05, 3.63) is 23.2 Å². The SMILES string of the molecule is CCCCNC(=O)[C@H](C)NS(=O)(=O)c1ccc(OCC)c(Cl)c1. The molecule has 0 heterocycles. The summed E-state index contributed by atoms with van der Waals surface area (Å²) in [6.45, 7) is 6.26. The van der Waals surface area contributed by atoms with Gasteiger partial charge in [-0.05, 0) is 38.5 Å². The van der Waals surface area contributed by atoms with Gasteiger partial charge in [0.05, 0.1) is 22.6 Å². The third-order valence-corrected chi connectivity index (χ3v) is 4.90. The molecule has 8 heteroatoms. The highest BCUT2D eigenvalue weighted by atomic mass is 35.5. The monoisotopic (exact) mass is 362 g/mol. The molecular weight excluding hydrogens is 340 g/mol. The second-order valence-electron chi connectivity index (χ2n) is 5.01. The molecule has 2 N–H and O–H groups in total. The van der Waals surface area contributed by atoms with Crippen LogP contribution in [-0.2, 0) is 14.8 Å². The van der Waals surface area contributed by atoms with Crippen molar-refractivity contribution in [3.8, 4) is 5.75 Å². The maximum atomic E-state index is 12.3. The topological polar surface area (TPSA) is 84.5 Å². The van der Waals surface area contributed by atoms with Gasteiger partial charge in [0.2, 0.25) is 15.9 Å². The summed E-state index contributed by atoms with van der Waals surface area (Å²) >= 11 is 6.00. The number of sulfonamides is 1. The summed E-state index contributed by atoms with van der Waals surface area (Å²) in [6.07, 6.45) is 1.80. The number of unbranched alkanes of at least 4 members (excludes halogenated alkanes) is 1. The van der Waals surface area contributed by atoms with Crippen LogP contribution >= 0.6 is 11.6 Å². The Morgan fingerprint density at radius 3 is 2.61 bits per heavy atom. The molecule has 0 saturated heterocycles. The lowest BCUT2D eigenvalue weighted by Gasteiger charge is -2.15. The van der Waals surface area contributed by atoms with E-state index in [4.69, 9.17) is 16.3 Å². The van der Waals surface area contributed by atoms with Crippen molar-refractivity contribution in [2.45, 2.75) is 44.6 Å². The average molecular weight is 363 g/mol. The van der Waals surface area contributed by atoms with Gasteiger partial charge in [0.25, 0.3) is 0 Å². The van der Waals surface area contributed by atoms with Gasteiger partial charge in [-0.15, -0.1) is 0 Å². The second kappa shape index (κ2) is 9.10. The number of benzene rings is 1. The predicted molar refractivity (Wildman–Crippen MR) is 90.3 cm³/mol. The van der Waals surface area contributed by atoms with Crippen LogP contribution in [0.25, 0.3) is 0 Å². The Morgan fingerprint density at radius 2 is 2.04 bits per heavy atom. The molecule has 0 saturated carbocycles. The van der Waals surface area contributed by atoms with Crippen molar-refractivity contribution < 1.29 is 17.9 Å². The number of amides is 1. The summed E-state index contributed by atoms with van der Waals surface area (Å²) in [4.78, 5) is 11.8. The van der Waals surface area contributed by atoms with Gasteiger partial charge in [-0.3, -0.25) is 4.79 Å². The molecule has 0 aliphatic rings. The highest BCUT2D eigenvalue weighted by Gasteiger charge is 2.22. The van der Waals surface area contributed by atoms with Crippen LogP contribution < -0.4 is 14.8 Å². The van der Waals surface area contributed by atoms with Crippen LogP contribution in [0.15, 0.2) is 23.1 Å². The Bertz CT molecular complexity index is 634. The molecule has 0 radical (unpaired) electrons. The normalized spacial score (nSPS) is 12.7. The maximum Gasteiger partial charge on any atom is 0.241 e. The third-order valence-electron chi connectivity index (χ3n) is 3.07. The van der Waals surface area contributed by atoms with E-state index in [1.54, 1.807) is 6.92 Å². The highest BCUT2D eigenvalue weighted by molar-refractivity contribution is 7.89. The molecule has 0 unspecified atom stereocenters. The number of hydrogen-bond donors (Lipinski definition) is 2. The minimum Gasteiger partial charge on any atom is -0.492 e. The van der Waals surface area contributed by atoms with Crippen LogP contribution in [0.1, 0.15) is 33.6 Å². The van der Waals surface area contributed by atoms with Crippen molar-refractivity contribution in [1.29, 1.82) is 0 Å². The largest absolute Gasteiger partial charge is 0.492 e. The first-order chi connectivity index (χ1) is 10.8. The minimum atomic E-state index is -3.84. The van der Waals surface area contributed by atoms with E-state index in [-0.39, 0.29) is 15.8 Å². The lowest BCUT2D eigenvalue weighted by Crippen LogP contribution is -2.44. The summed E-state index contributed by atoms with van der Waals surface area (Å²) in [6, 6.07) is 3.31. The highest BCUT2D eigenvalue weighted by Crippen LogP contribution is 2.27. The van der Waals surface area contributed by atoms with E-state index in [0.717, 1.165) is 12.8 Å². The van der Waals surface area contributed by atoms with Crippen LogP contribution in [0.2, 0.25) is 5.02 Å². The Labute approximate surface area is 142 Å². The zero-order valence-electron chi connectivity index (χ0n) is 13.6. The summed E-state index contributed by atoms with van der Waals surface area (Å²) in [5, 5.41) is 2.89. The molecule has 0 aliphatic heterocycles. The number of ether oxygens (including phenoxy) is 1. The number of halogens is 1. The molecule has 1 amide bonds. The van der Waals surface area contributed by atoms with Crippen molar-refractivity contribution >= 4 is 27.5 Å². The average Bonchev–Trinajstić information content (AvgIpc) is 2.49. The quantitative estimate of drug-likeness (QED) is 0.660. The molecule has 1 aromatic carbocycles. The Morgan fingerprint density at radius 1 is 1.35 bits per heavy atom. The maximum absolute atomic E-state index is 12.3. The fourth-order valence-electron chi connectivity index (χ4n) is 1.82. The number of nitrogens with one attached hydrogen (secondary N) is 2. The standard InChI is InChI=1S/C15H23ClN2O4S/c1-4-6-9-17-15(19)11(3)18-23(20,21)12-7-8-14(22-5-2)13(16)10-12/h7-8,10-11,18H,4-6,9H2,1-3H3,(H,17,19)/t11-/m0/s1. The van der Waals surface area contributed by atoms with Crippen molar-refractivity contribution in [2.24, 2.45) is 0 Å². The van der Waals surface area contributed by atoms with E-state index in [1.807, 2.05) is 6.92 Å². The molecule has 130 valence electrons. The first kappa shape index (κ1) is 19.7. The molecule has 0 aliphatic carbocycles. The van der Waals surface area contributed by atoms with Gasteiger partial charge in [-0.25, -0.2) is 8.42 Å². The van der Waals surface area contributed by atoms with Gasteiger partial charge in [0.1, 0.15) is 5.75 Å². The lowest BCUT2D eigenvalue weighted by atomic mass is 10.3. The van der Waals surface area contributed by atoms with Gasteiger partial charge in [0, 0.05) is 6.54 Å². The molecule has 0 aromatic heterocycles. The van der Waals surface area contributed by atoms with Crippen LogP contribution in [-0.4, -0.2) is 33.5 Å². The molecule has 0 spiro atoms. The second-order valence-corrected chi connectivity index (χ2v) is 7.13. The summed E-state index contributed by atoms with van der Waals surface area (Å²) in [5.41, 5.74) is 0. The van der Waals surface area contributed by atoms with E-state index in [2.05, 4.69) is 10.0 Å². The minimum absolute atomic E-state index is 0.0147. The molecule has 23 heavy (non-hydrogen) atoms. The van der Waals surface area contributed by atoms with Gasteiger partial charge in [-0.1, -0.05) is 24.9 Å². The zero-order chi connectivity index (χ0) is 17.5. The molecule has 1 rings (SSSR count). The summed E-state index contributed by atoms with van der Waals surface area (Å²) in [7, 11) is -3.84. The number of hydrogen-bond acceptors (Lipinski definition) is 4. The van der Waals surface area contributed by atoms with E-state index in [0.29, 0.717) is 18.9 Å². The van der Waals surface area contributed by atoms with Crippen LogP contribution in [0, 0.1) is 0 Å². The number of carbonyl (C=O) groups is 1. The van der Waals surface area contributed by atoms with Crippen molar-refractivity contribution in [2.75, 3.05) is 13.2 Å². The van der Waals surface area contributed by atoms with Crippen LogP contribution in [0.5, 0.6) is 5.75 Å². The van der Waals surface area contributed by atoms with Gasteiger partial charge in [0.15, 0.2) is 0 Å².